The highest BCUT2D eigenvalue weighted by atomic mass is 16.2. The lowest BCUT2D eigenvalue weighted by Gasteiger charge is -2.16. The Hall–Kier alpha value is -2.37. The Morgan fingerprint density at radius 2 is 2.05 bits per heavy atom. The van der Waals surface area contributed by atoms with Gasteiger partial charge in [0.15, 0.2) is 0 Å². The molecule has 6 heteroatoms. The van der Waals surface area contributed by atoms with Gasteiger partial charge < -0.3 is 16.4 Å². The molecular formula is C15H21N5O. The van der Waals surface area contributed by atoms with Gasteiger partial charge in [-0.3, -0.25) is 4.79 Å². The maximum atomic E-state index is 12.0. The van der Waals surface area contributed by atoms with Crippen LogP contribution in [0.4, 0.5) is 11.5 Å². The fourth-order valence-corrected chi connectivity index (χ4v) is 1.92. The molecule has 0 saturated heterocycles. The molecule has 0 bridgehead atoms. The first kappa shape index (κ1) is 15.0. The van der Waals surface area contributed by atoms with Crippen molar-refractivity contribution >= 4 is 28.3 Å². The molecule has 21 heavy (non-hydrogen) atoms. The lowest BCUT2D eigenvalue weighted by molar-refractivity contribution is -0.121. The van der Waals surface area contributed by atoms with E-state index in [9.17, 15) is 4.79 Å². The van der Waals surface area contributed by atoms with E-state index in [1.54, 1.807) is 19.1 Å². The van der Waals surface area contributed by atoms with Gasteiger partial charge in [0.25, 0.3) is 0 Å². The third kappa shape index (κ3) is 3.81. The predicted octanol–water partition coefficient (Wildman–Crippen LogP) is 1.78. The molecule has 1 amide bonds. The number of hydrogen-bond acceptors (Lipinski definition) is 5. The summed E-state index contributed by atoms with van der Waals surface area (Å²) in [5, 5.41) is 6.86. The minimum absolute atomic E-state index is 0.0501. The van der Waals surface area contributed by atoms with Crippen LogP contribution in [0.25, 0.3) is 10.9 Å². The van der Waals surface area contributed by atoms with Gasteiger partial charge in [-0.05, 0) is 31.0 Å². The summed E-state index contributed by atoms with van der Waals surface area (Å²) in [4.78, 5) is 20.4. The summed E-state index contributed by atoms with van der Waals surface area (Å²) < 4.78 is 0. The van der Waals surface area contributed by atoms with E-state index in [1.807, 2.05) is 6.07 Å². The van der Waals surface area contributed by atoms with E-state index in [2.05, 4.69) is 34.4 Å². The molecule has 1 aromatic heterocycles. The van der Waals surface area contributed by atoms with Gasteiger partial charge in [0.2, 0.25) is 5.91 Å². The second-order valence-electron chi connectivity index (χ2n) is 5.50. The van der Waals surface area contributed by atoms with E-state index in [0.717, 1.165) is 10.9 Å². The number of nitrogen functional groups attached to an aromatic ring is 1. The third-order valence-electron chi connectivity index (χ3n) is 3.09. The van der Waals surface area contributed by atoms with Gasteiger partial charge >= 0.3 is 0 Å². The second-order valence-corrected chi connectivity index (χ2v) is 5.50. The van der Waals surface area contributed by atoms with Crippen molar-refractivity contribution in [2.75, 3.05) is 17.6 Å². The zero-order valence-corrected chi connectivity index (χ0v) is 12.6. The number of fused-ring (bicyclic) bond motifs is 1. The van der Waals surface area contributed by atoms with Crippen LogP contribution in [0.5, 0.6) is 0 Å². The highest BCUT2D eigenvalue weighted by Gasteiger charge is 2.14. The first-order valence-corrected chi connectivity index (χ1v) is 7.02. The first-order chi connectivity index (χ1) is 9.97. The average molecular weight is 287 g/mol. The summed E-state index contributed by atoms with van der Waals surface area (Å²) in [5.41, 5.74) is 7.15. The number of nitrogens with two attached hydrogens (primary N) is 1. The van der Waals surface area contributed by atoms with E-state index >= 15 is 0 Å². The number of carbonyl (C=O) groups is 1. The van der Waals surface area contributed by atoms with Crippen LogP contribution in [0.1, 0.15) is 20.8 Å². The molecule has 6 nitrogen and oxygen atoms in total. The maximum absolute atomic E-state index is 12.0. The number of aromatic nitrogens is 2. The first-order valence-electron chi connectivity index (χ1n) is 7.02. The predicted molar refractivity (Wildman–Crippen MR) is 84.9 cm³/mol. The number of rotatable bonds is 5. The van der Waals surface area contributed by atoms with Crippen LogP contribution in [0.2, 0.25) is 0 Å². The molecule has 0 saturated carbocycles. The Bertz CT molecular complexity index is 641. The maximum Gasteiger partial charge on any atom is 0.242 e. The Balaban J connectivity index is 2.14. The Morgan fingerprint density at radius 1 is 1.29 bits per heavy atom. The minimum Gasteiger partial charge on any atom is -0.399 e. The van der Waals surface area contributed by atoms with E-state index in [1.165, 1.54) is 6.33 Å². The molecule has 2 aromatic rings. The zero-order valence-electron chi connectivity index (χ0n) is 12.6. The second kappa shape index (κ2) is 6.39. The molecule has 0 aliphatic heterocycles. The van der Waals surface area contributed by atoms with Crippen LogP contribution in [-0.2, 0) is 4.79 Å². The summed E-state index contributed by atoms with van der Waals surface area (Å²) in [6, 6.07) is 5.05. The lowest BCUT2D eigenvalue weighted by Crippen LogP contribution is -2.39. The van der Waals surface area contributed by atoms with Crippen LogP contribution >= 0.6 is 0 Å². The largest absolute Gasteiger partial charge is 0.399 e. The fraction of sp³-hybridized carbons (Fsp3) is 0.400. The Kier molecular flexibility index (Phi) is 4.57. The molecule has 112 valence electrons. The van der Waals surface area contributed by atoms with E-state index in [0.29, 0.717) is 24.0 Å². The molecule has 1 unspecified atom stereocenters. The van der Waals surface area contributed by atoms with Gasteiger partial charge in [-0.2, -0.15) is 0 Å². The Labute approximate surface area is 124 Å². The summed E-state index contributed by atoms with van der Waals surface area (Å²) in [6.45, 7) is 6.58. The van der Waals surface area contributed by atoms with Crippen molar-refractivity contribution in [2.45, 2.75) is 26.8 Å². The molecule has 0 fully saturated rings. The van der Waals surface area contributed by atoms with Crippen molar-refractivity contribution in [3.05, 3.63) is 24.5 Å². The van der Waals surface area contributed by atoms with E-state index in [4.69, 9.17) is 5.73 Å². The summed E-state index contributed by atoms with van der Waals surface area (Å²) in [7, 11) is 0. The van der Waals surface area contributed by atoms with Crippen LogP contribution < -0.4 is 16.4 Å². The van der Waals surface area contributed by atoms with Gasteiger partial charge in [-0.25, -0.2) is 9.97 Å². The summed E-state index contributed by atoms with van der Waals surface area (Å²) in [6.07, 6.45) is 1.46. The number of nitrogens with zero attached hydrogens (tertiary/aromatic N) is 2. The smallest absolute Gasteiger partial charge is 0.242 e. The Morgan fingerprint density at radius 3 is 2.76 bits per heavy atom. The van der Waals surface area contributed by atoms with Crippen LogP contribution in [0, 0.1) is 5.92 Å². The minimum atomic E-state index is -0.376. The monoisotopic (exact) mass is 287 g/mol. The summed E-state index contributed by atoms with van der Waals surface area (Å²) >= 11 is 0. The number of nitrogens with one attached hydrogen (secondary N) is 2. The molecule has 1 aromatic carbocycles. The van der Waals surface area contributed by atoms with Crippen LogP contribution in [-0.4, -0.2) is 28.5 Å². The lowest BCUT2D eigenvalue weighted by atomic mass is 10.2. The molecule has 0 radical (unpaired) electrons. The normalized spacial score (nSPS) is 12.4. The van der Waals surface area contributed by atoms with Crippen molar-refractivity contribution in [3.8, 4) is 0 Å². The molecule has 1 heterocycles. The molecule has 0 aliphatic rings. The van der Waals surface area contributed by atoms with Gasteiger partial charge in [-0.1, -0.05) is 13.8 Å². The van der Waals surface area contributed by atoms with Gasteiger partial charge in [0.1, 0.15) is 18.2 Å². The van der Waals surface area contributed by atoms with Gasteiger partial charge in [0.05, 0.1) is 5.52 Å². The quantitative estimate of drug-likeness (QED) is 0.729. The molecule has 1 atom stereocenters. The zero-order chi connectivity index (χ0) is 15.4. The number of benzene rings is 1. The fourth-order valence-electron chi connectivity index (χ4n) is 1.92. The molecular weight excluding hydrogens is 266 g/mol. The van der Waals surface area contributed by atoms with Crippen molar-refractivity contribution < 1.29 is 4.79 Å². The van der Waals surface area contributed by atoms with Crippen LogP contribution in [0.15, 0.2) is 24.5 Å². The van der Waals surface area contributed by atoms with E-state index < -0.39 is 0 Å². The van der Waals surface area contributed by atoms with Crippen LogP contribution in [0.3, 0.4) is 0 Å². The average Bonchev–Trinajstić information content (AvgIpc) is 2.44. The number of amides is 1. The SMILES string of the molecule is CC(C)CNC(=O)C(C)Nc1ncnc2cc(N)ccc12. The summed E-state index contributed by atoms with van der Waals surface area (Å²) in [5.74, 6) is 1.00. The van der Waals surface area contributed by atoms with Crippen molar-refractivity contribution in [1.82, 2.24) is 15.3 Å². The number of anilines is 2. The molecule has 0 aliphatic carbocycles. The highest BCUT2D eigenvalue weighted by Crippen LogP contribution is 2.21. The van der Waals surface area contributed by atoms with Crippen molar-refractivity contribution in [1.29, 1.82) is 0 Å². The molecule has 0 spiro atoms. The molecule has 2 rings (SSSR count). The third-order valence-corrected chi connectivity index (χ3v) is 3.09. The van der Waals surface area contributed by atoms with Gasteiger partial charge in [-0.15, -0.1) is 0 Å². The standard InChI is InChI=1S/C15H21N5O/c1-9(2)7-17-15(21)10(3)20-14-12-5-4-11(16)6-13(12)18-8-19-14/h4-6,8-10H,7,16H2,1-3H3,(H,17,21)(H,18,19,20). The van der Waals surface area contributed by atoms with Gasteiger partial charge in [0, 0.05) is 17.6 Å². The highest BCUT2D eigenvalue weighted by molar-refractivity contribution is 5.93. The molecule has 4 N–H and O–H groups in total. The van der Waals surface area contributed by atoms with Crippen molar-refractivity contribution in [2.24, 2.45) is 5.92 Å². The van der Waals surface area contributed by atoms with Crippen molar-refractivity contribution in [3.63, 3.8) is 0 Å². The number of hydrogen-bond donors (Lipinski definition) is 3. The number of carbonyl (C=O) groups excluding carboxylic acids is 1. The van der Waals surface area contributed by atoms with E-state index in [-0.39, 0.29) is 11.9 Å². The topological polar surface area (TPSA) is 92.9 Å².